The van der Waals surface area contributed by atoms with E-state index in [1.807, 2.05) is 17.0 Å². The number of likely N-dealkylation sites (tertiary alicyclic amines) is 1. The van der Waals surface area contributed by atoms with E-state index in [-0.39, 0.29) is 17.7 Å². The fraction of sp³-hybridized carbons (Fsp3) is 0.556. The molecule has 1 saturated heterocycles. The minimum Gasteiger partial charge on any atom is -0.494 e. The predicted octanol–water partition coefficient (Wildman–Crippen LogP) is 2.83. The number of carbonyl (C=O) groups excluding carboxylic acids is 2. The third-order valence-corrected chi connectivity index (χ3v) is 4.51. The lowest BCUT2D eigenvalue weighted by atomic mass is 9.95. The number of carbonyl (C=O) groups is 2. The molecule has 0 unspecified atom stereocenters. The number of ether oxygens (including phenoxy) is 1. The van der Waals surface area contributed by atoms with Gasteiger partial charge in [-0.1, -0.05) is 11.6 Å². The number of amides is 2. The second-order valence-corrected chi connectivity index (χ2v) is 6.73. The van der Waals surface area contributed by atoms with Crippen molar-refractivity contribution in [2.75, 3.05) is 33.8 Å². The molecular weight excluding hydrogens is 328 g/mol. The molecule has 2 rings (SSSR count). The lowest BCUT2D eigenvalue weighted by Gasteiger charge is -2.32. The van der Waals surface area contributed by atoms with Crippen LogP contribution in [0.5, 0.6) is 5.75 Å². The number of halogens is 1. The molecule has 0 saturated carbocycles. The topological polar surface area (TPSA) is 49.9 Å². The first-order chi connectivity index (χ1) is 11.5. The van der Waals surface area contributed by atoms with Crippen LogP contribution < -0.4 is 4.74 Å². The molecule has 0 bridgehead atoms. The van der Waals surface area contributed by atoms with Crippen molar-refractivity contribution in [2.45, 2.75) is 25.7 Å². The summed E-state index contributed by atoms with van der Waals surface area (Å²) in [5.41, 5.74) is 0. The number of nitrogens with zero attached hydrogens (tertiary/aromatic N) is 2. The van der Waals surface area contributed by atoms with Crippen LogP contribution in [-0.4, -0.2) is 55.4 Å². The van der Waals surface area contributed by atoms with Crippen molar-refractivity contribution < 1.29 is 14.3 Å². The highest BCUT2D eigenvalue weighted by atomic mass is 35.5. The Hall–Kier alpha value is -1.75. The summed E-state index contributed by atoms with van der Waals surface area (Å²) in [6, 6.07) is 7.19. The summed E-state index contributed by atoms with van der Waals surface area (Å²) in [4.78, 5) is 27.7. The van der Waals surface area contributed by atoms with E-state index in [2.05, 4.69) is 0 Å². The summed E-state index contributed by atoms with van der Waals surface area (Å²) in [7, 11) is 3.56. The van der Waals surface area contributed by atoms with Gasteiger partial charge in [-0.25, -0.2) is 0 Å². The van der Waals surface area contributed by atoms with E-state index in [4.69, 9.17) is 16.3 Å². The summed E-state index contributed by atoms with van der Waals surface area (Å²) in [6.45, 7) is 1.84. The number of benzene rings is 1. The molecule has 1 aliphatic heterocycles. The maximum absolute atomic E-state index is 12.2. The molecule has 5 nitrogen and oxygen atoms in total. The third-order valence-electron chi connectivity index (χ3n) is 4.26. The van der Waals surface area contributed by atoms with Crippen LogP contribution in [0.2, 0.25) is 5.02 Å². The summed E-state index contributed by atoms with van der Waals surface area (Å²) in [5, 5.41) is 0.675. The molecule has 132 valence electrons. The Kier molecular flexibility index (Phi) is 6.91. The Bertz CT molecular complexity index is 552. The normalized spacial score (nSPS) is 15.2. The SMILES string of the molecule is CN(C)C(=O)C1CCN(C(=O)CCCOc2ccc(Cl)cc2)CC1. The summed E-state index contributed by atoms with van der Waals surface area (Å²) >= 11 is 5.82. The average molecular weight is 353 g/mol. The molecule has 1 heterocycles. The Balaban J connectivity index is 1.65. The second-order valence-electron chi connectivity index (χ2n) is 6.29. The third kappa shape index (κ3) is 5.41. The smallest absolute Gasteiger partial charge is 0.225 e. The van der Waals surface area contributed by atoms with Gasteiger partial charge in [-0.15, -0.1) is 0 Å². The minimum absolute atomic E-state index is 0.0530. The summed E-state index contributed by atoms with van der Waals surface area (Å²) in [6.07, 6.45) is 2.66. The highest BCUT2D eigenvalue weighted by Gasteiger charge is 2.27. The van der Waals surface area contributed by atoms with E-state index in [1.165, 1.54) is 0 Å². The number of hydrogen-bond donors (Lipinski definition) is 0. The Morgan fingerprint density at radius 3 is 2.42 bits per heavy atom. The van der Waals surface area contributed by atoms with E-state index >= 15 is 0 Å². The predicted molar refractivity (Wildman–Crippen MR) is 94.2 cm³/mol. The van der Waals surface area contributed by atoms with Crippen LogP contribution >= 0.6 is 11.6 Å². The van der Waals surface area contributed by atoms with Gasteiger partial charge in [0.15, 0.2) is 0 Å². The molecule has 0 N–H and O–H groups in total. The van der Waals surface area contributed by atoms with Gasteiger partial charge in [0.05, 0.1) is 6.61 Å². The zero-order valence-electron chi connectivity index (χ0n) is 14.3. The molecule has 0 aliphatic carbocycles. The van der Waals surface area contributed by atoms with Crippen LogP contribution in [0.15, 0.2) is 24.3 Å². The van der Waals surface area contributed by atoms with Crippen LogP contribution in [0.4, 0.5) is 0 Å². The van der Waals surface area contributed by atoms with E-state index in [0.717, 1.165) is 18.6 Å². The molecule has 2 amide bonds. The quantitative estimate of drug-likeness (QED) is 0.740. The first kappa shape index (κ1) is 18.6. The number of hydrogen-bond acceptors (Lipinski definition) is 3. The van der Waals surface area contributed by atoms with E-state index in [1.54, 1.807) is 31.1 Å². The molecule has 0 radical (unpaired) electrons. The Morgan fingerprint density at radius 1 is 1.21 bits per heavy atom. The molecule has 1 aliphatic rings. The van der Waals surface area contributed by atoms with Gasteiger partial charge >= 0.3 is 0 Å². The summed E-state index contributed by atoms with van der Waals surface area (Å²) in [5.74, 6) is 1.12. The molecule has 1 aromatic rings. The van der Waals surface area contributed by atoms with Gasteiger partial charge in [0.2, 0.25) is 11.8 Å². The highest BCUT2D eigenvalue weighted by Crippen LogP contribution is 2.20. The van der Waals surface area contributed by atoms with Crippen LogP contribution in [0, 0.1) is 5.92 Å². The van der Waals surface area contributed by atoms with E-state index in [9.17, 15) is 9.59 Å². The van der Waals surface area contributed by atoms with Crippen molar-refractivity contribution in [3.63, 3.8) is 0 Å². The standard InChI is InChI=1S/C18H25ClN2O3/c1-20(2)18(23)14-9-11-21(12-10-14)17(22)4-3-13-24-16-7-5-15(19)6-8-16/h5-8,14H,3-4,9-13H2,1-2H3. The first-order valence-electron chi connectivity index (χ1n) is 8.34. The lowest BCUT2D eigenvalue weighted by molar-refractivity contribution is -0.139. The van der Waals surface area contributed by atoms with Crippen molar-refractivity contribution in [1.29, 1.82) is 0 Å². The van der Waals surface area contributed by atoms with Crippen molar-refractivity contribution in [2.24, 2.45) is 5.92 Å². The van der Waals surface area contributed by atoms with Gasteiger partial charge in [0, 0.05) is 44.5 Å². The molecular formula is C18H25ClN2O3. The minimum atomic E-state index is 0.0530. The van der Waals surface area contributed by atoms with Crippen molar-refractivity contribution in [1.82, 2.24) is 9.80 Å². The Morgan fingerprint density at radius 2 is 1.83 bits per heavy atom. The van der Waals surface area contributed by atoms with Crippen molar-refractivity contribution in [3.8, 4) is 5.75 Å². The van der Waals surface area contributed by atoms with Crippen molar-refractivity contribution >= 4 is 23.4 Å². The summed E-state index contributed by atoms with van der Waals surface area (Å²) < 4.78 is 5.59. The zero-order valence-corrected chi connectivity index (χ0v) is 15.1. The van der Waals surface area contributed by atoms with E-state index < -0.39 is 0 Å². The van der Waals surface area contributed by atoms with Gasteiger partial charge in [-0.05, 0) is 43.5 Å². The molecule has 24 heavy (non-hydrogen) atoms. The van der Waals surface area contributed by atoms with Gasteiger partial charge in [-0.3, -0.25) is 9.59 Å². The number of rotatable bonds is 6. The van der Waals surface area contributed by atoms with E-state index in [0.29, 0.717) is 37.6 Å². The van der Waals surface area contributed by atoms with Gasteiger partial charge in [0.1, 0.15) is 5.75 Å². The number of piperidine rings is 1. The van der Waals surface area contributed by atoms with Crippen LogP contribution in [0.1, 0.15) is 25.7 Å². The second kappa shape index (κ2) is 8.92. The largest absolute Gasteiger partial charge is 0.494 e. The molecule has 1 fully saturated rings. The molecule has 0 spiro atoms. The molecule has 0 aromatic heterocycles. The van der Waals surface area contributed by atoms with Crippen molar-refractivity contribution in [3.05, 3.63) is 29.3 Å². The fourth-order valence-corrected chi connectivity index (χ4v) is 2.97. The van der Waals surface area contributed by atoms with Crippen LogP contribution in [0.25, 0.3) is 0 Å². The Labute approximate surface area is 148 Å². The van der Waals surface area contributed by atoms with Gasteiger partial charge in [-0.2, -0.15) is 0 Å². The first-order valence-corrected chi connectivity index (χ1v) is 8.72. The highest BCUT2D eigenvalue weighted by molar-refractivity contribution is 6.30. The molecule has 0 atom stereocenters. The monoisotopic (exact) mass is 352 g/mol. The molecule has 1 aromatic carbocycles. The molecule has 6 heteroatoms. The van der Waals surface area contributed by atoms with Crippen LogP contribution in [-0.2, 0) is 9.59 Å². The van der Waals surface area contributed by atoms with Crippen LogP contribution in [0.3, 0.4) is 0 Å². The van der Waals surface area contributed by atoms with Gasteiger partial charge < -0.3 is 14.5 Å². The zero-order chi connectivity index (χ0) is 17.5. The van der Waals surface area contributed by atoms with Gasteiger partial charge in [0.25, 0.3) is 0 Å². The lowest BCUT2D eigenvalue weighted by Crippen LogP contribution is -2.42. The maximum Gasteiger partial charge on any atom is 0.225 e. The average Bonchev–Trinajstić information content (AvgIpc) is 2.59. The fourth-order valence-electron chi connectivity index (χ4n) is 2.84. The maximum atomic E-state index is 12.2.